The highest BCUT2D eigenvalue weighted by Gasteiger charge is 2.29. The van der Waals surface area contributed by atoms with E-state index in [0.717, 1.165) is 28.4 Å². The fourth-order valence-corrected chi connectivity index (χ4v) is 2.26. The minimum Gasteiger partial charge on any atom is -0.377 e. The Labute approximate surface area is 104 Å². The molecule has 1 aromatic heterocycles. The lowest BCUT2D eigenvalue weighted by Gasteiger charge is -2.11. The van der Waals surface area contributed by atoms with Gasteiger partial charge in [-0.25, -0.2) is 9.97 Å². The maximum atomic E-state index is 5.09. The number of aromatic nitrogens is 2. The number of nitrogens with zero attached hydrogens (tertiary/aromatic N) is 2. The van der Waals surface area contributed by atoms with Crippen LogP contribution in [0.1, 0.15) is 37.2 Å². The Kier molecular flexibility index (Phi) is 3.76. The van der Waals surface area contributed by atoms with Gasteiger partial charge in [0, 0.05) is 19.6 Å². The quantitative estimate of drug-likeness (QED) is 0.904. The molecule has 0 spiro atoms. The van der Waals surface area contributed by atoms with E-state index < -0.39 is 0 Å². The second-order valence-electron chi connectivity index (χ2n) is 3.93. The van der Waals surface area contributed by atoms with E-state index in [1.165, 1.54) is 12.8 Å². The molecule has 1 aliphatic rings. The van der Waals surface area contributed by atoms with Crippen molar-refractivity contribution in [3.63, 3.8) is 0 Å². The van der Waals surface area contributed by atoms with Gasteiger partial charge in [-0.05, 0) is 35.7 Å². The molecule has 0 saturated heterocycles. The van der Waals surface area contributed by atoms with Gasteiger partial charge in [0.25, 0.3) is 0 Å². The van der Waals surface area contributed by atoms with Crippen LogP contribution in [0.5, 0.6) is 0 Å². The molecule has 0 radical (unpaired) electrons. The molecule has 0 aliphatic heterocycles. The first-order valence-electron chi connectivity index (χ1n) is 5.55. The number of methoxy groups -OCH3 is 1. The molecule has 1 saturated carbocycles. The second kappa shape index (κ2) is 5.10. The molecule has 1 heterocycles. The number of halogens is 1. The largest absolute Gasteiger partial charge is 0.377 e. The zero-order valence-corrected chi connectivity index (χ0v) is 11.2. The van der Waals surface area contributed by atoms with E-state index >= 15 is 0 Å². The summed E-state index contributed by atoms with van der Waals surface area (Å²) in [6.07, 6.45) is 2.46. The molecular weight excluding hydrogens is 270 g/mol. The highest BCUT2D eigenvalue weighted by atomic mass is 79.9. The monoisotopic (exact) mass is 285 g/mol. The predicted octanol–water partition coefficient (Wildman–Crippen LogP) is 2.69. The van der Waals surface area contributed by atoms with E-state index in [1.807, 2.05) is 0 Å². The number of rotatable bonds is 5. The summed E-state index contributed by atoms with van der Waals surface area (Å²) in [7, 11) is 1.66. The standard InChI is InChI=1S/C11H16BrN3O/c1-3-13-11-9(12)10(7-4-5-7)14-8(15-11)6-16-2/h7H,3-6H2,1-2H3,(H,13,14,15). The van der Waals surface area contributed by atoms with Gasteiger partial charge >= 0.3 is 0 Å². The summed E-state index contributed by atoms with van der Waals surface area (Å²) in [6, 6.07) is 0. The molecule has 1 aromatic rings. The Morgan fingerprint density at radius 3 is 2.75 bits per heavy atom. The van der Waals surface area contributed by atoms with Crippen LogP contribution < -0.4 is 5.32 Å². The third kappa shape index (κ3) is 2.52. The Balaban J connectivity index is 2.34. The molecule has 0 aromatic carbocycles. The summed E-state index contributed by atoms with van der Waals surface area (Å²) < 4.78 is 6.10. The first-order valence-corrected chi connectivity index (χ1v) is 6.34. The summed E-state index contributed by atoms with van der Waals surface area (Å²) in [4.78, 5) is 8.97. The number of hydrogen-bond acceptors (Lipinski definition) is 4. The van der Waals surface area contributed by atoms with Crippen molar-refractivity contribution in [1.82, 2.24) is 9.97 Å². The Morgan fingerprint density at radius 2 is 2.19 bits per heavy atom. The lowest BCUT2D eigenvalue weighted by atomic mass is 10.2. The van der Waals surface area contributed by atoms with Gasteiger partial charge in [-0.15, -0.1) is 0 Å². The van der Waals surface area contributed by atoms with E-state index in [-0.39, 0.29) is 0 Å². The van der Waals surface area contributed by atoms with Crippen molar-refractivity contribution < 1.29 is 4.74 Å². The average molecular weight is 286 g/mol. The van der Waals surface area contributed by atoms with Gasteiger partial charge in [-0.3, -0.25) is 0 Å². The molecule has 5 heteroatoms. The van der Waals surface area contributed by atoms with Crippen LogP contribution in [0.4, 0.5) is 5.82 Å². The number of nitrogens with one attached hydrogen (secondary N) is 1. The zero-order valence-electron chi connectivity index (χ0n) is 9.59. The van der Waals surface area contributed by atoms with Gasteiger partial charge < -0.3 is 10.1 Å². The molecule has 4 nitrogen and oxygen atoms in total. The fraction of sp³-hybridized carbons (Fsp3) is 0.636. The van der Waals surface area contributed by atoms with Crippen LogP contribution in [0, 0.1) is 0 Å². The van der Waals surface area contributed by atoms with Crippen LogP contribution in [-0.4, -0.2) is 23.6 Å². The molecule has 1 fully saturated rings. The third-order valence-corrected chi connectivity index (χ3v) is 3.29. The molecule has 1 N–H and O–H groups in total. The summed E-state index contributed by atoms with van der Waals surface area (Å²) >= 11 is 3.58. The average Bonchev–Trinajstić information content (AvgIpc) is 3.07. The van der Waals surface area contributed by atoms with E-state index in [0.29, 0.717) is 12.5 Å². The molecule has 1 aliphatic carbocycles. The molecular formula is C11H16BrN3O. The van der Waals surface area contributed by atoms with Gasteiger partial charge in [-0.1, -0.05) is 0 Å². The fourth-order valence-electron chi connectivity index (χ4n) is 1.62. The van der Waals surface area contributed by atoms with Crippen molar-refractivity contribution in [2.24, 2.45) is 0 Å². The van der Waals surface area contributed by atoms with E-state index in [2.05, 4.69) is 38.1 Å². The van der Waals surface area contributed by atoms with Crippen LogP contribution in [0.25, 0.3) is 0 Å². The lowest BCUT2D eigenvalue weighted by molar-refractivity contribution is 0.177. The first kappa shape index (κ1) is 11.8. The topological polar surface area (TPSA) is 47.0 Å². The van der Waals surface area contributed by atoms with Crippen LogP contribution in [0.2, 0.25) is 0 Å². The van der Waals surface area contributed by atoms with Crippen LogP contribution in [0.15, 0.2) is 4.47 Å². The van der Waals surface area contributed by atoms with Gasteiger partial charge in [0.1, 0.15) is 12.4 Å². The zero-order chi connectivity index (χ0) is 11.5. The molecule has 0 bridgehead atoms. The van der Waals surface area contributed by atoms with Gasteiger partial charge in [-0.2, -0.15) is 0 Å². The van der Waals surface area contributed by atoms with Crippen LogP contribution in [0.3, 0.4) is 0 Å². The van der Waals surface area contributed by atoms with Crippen molar-refractivity contribution in [3.05, 3.63) is 16.0 Å². The SMILES string of the molecule is CCNc1nc(COC)nc(C2CC2)c1Br. The molecule has 88 valence electrons. The van der Waals surface area contributed by atoms with E-state index in [9.17, 15) is 0 Å². The van der Waals surface area contributed by atoms with E-state index in [4.69, 9.17) is 4.74 Å². The smallest absolute Gasteiger partial charge is 0.156 e. The first-order chi connectivity index (χ1) is 7.76. The highest BCUT2D eigenvalue weighted by molar-refractivity contribution is 9.10. The molecule has 0 atom stereocenters. The van der Waals surface area contributed by atoms with Gasteiger partial charge in [0.15, 0.2) is 5.82 Å². The normalized spacial score (nSPS) is 15.2. The molecule has 0 unspecified atom stereocenters. The van der Waals surface area contributed by atoms with Crippen LogP contribution in [-0.2, 0) is 11.3 Å². The van der Waals surface area contributed by atoms with E-state index in [1.54, 1.807) is 7.11 Å². The van der Waals surface area contributed by atoms with Gasteiger partial charge in [0.2, 0.25) is 0 Å². The summed E-state index contributed by atoms with van der Waals surface area (Å²) in [5.74, 6) is 2.24. The third-order valence-electron chi connectivity index (χ3n) is 2.50. The summed E-state index contributed by atoms with van der Waals surface area (Å²) in [5, 5.41) is 3.24. The van der Waals surface area contributed by atoms with Gasteiger partial charge in [0.05, 0.1) is 10.2 Å². The van der Waals surface area contributed by atoms with Crippen molar-refractivity contribution in [1.29, 1.82) is 0 Å². The Hall–Kier alpha value is -0.680. The predicted molar refractivity (Wildman–Crippen MR) is 66.6 cm³/mol. The molecule has 16 heavy (non-hydrogen) atoms. The molecule has 2 rings (SSSR count). The van der Waals surface area contributed by atoms with Crippen molar-refractivity contribution in [3.8, 4) is 0 Å². The number of anilines is 1. The maximum Gasteiger partial charge on any atom is 0.156 e. The highest BCUT2D eigenvalue weighted by Crippen LogP contribution is 2.43. The van der Waals surface area contributed by atoms with Crippen molar-refractivity contribution in [2.75, 3.05) is 19.0 Å². The van der Waals surface area contributed by atoms with Crippen molar-refractivity contribution >= 4 is 21.7 Å². The minimum atomic E-state index is 0.464. The Bertz CT molecular complexity index is 380. The number of hydrogen-bond donors (Lipinski definition) is 1. The number of ether oxygens (including phenoxy) is 1. The lowest BCUT2D eigenvalue weighted by Crippen LogP contribution is -2.08. The maximum absolute atomic E-state index is 5.09. The minimum absolute atomic E-state index is 0.464. The Morgan fingerprint density at radius 1 is 1.44 bits per heavy atom. The van der Waals surface area contributed by atoms with Crippen molar-refractivity contribution in [2.45, 2.75) is 32.3 Å². The summed E-state index contributed by atoms with van der Waals surface area (Å²) in [6.45, 7) is 3.37. The van der Waals surface area contributed by atoms with Crippen LogP contribution >= 0.6 is 15.9 Å². The second-order valence-corrected chi connectivity index (χ2v) is 4.72. The molecule has 0 amide bonds. The summed E-state index contributed by atoms with van der Waals surface area (Å²) in [5.41, 5.74) is 1.12.